The standard InChI is InChI=1S/C32H39F3N8S/c1-20-16-42(17-21(2)39-20)10-11-43-25(15-36)12-27-22(3)23(4-5-29(27)43)18-41-8-6-24(7-9-41)40-30-28-13-26(14-32(33,34)35)44-31(28)38-19-37-30/h4-5,12-13,19-21,24,39H,6-11,14,16-18H2,1-3H3,(H,37,38,40). The number of hydrogen-bond donors (Lipinski definition) is 2. The molecule has 0 amide bonds. The number of thiophene rings is 1. The number of nitrogens with one attached hydrogen (secondary N) is 2. The molecule has 234 valence electrons. The Balaban J connectivity index is 1.08. The number of piperidine rings is 1. The van der Waals surface area contributed by atoms with Crippen LogP contribution in [-0.2, 0) is 19.5 Å². The monoisotopic (exact) mass is 624 g/mol. The number of fused-ring (bicyclic) bond motifs is 2. The first-order valence-electron chi connectivity index (χ1n) is 15.4. The molecule has 5 heterocycles. The van der Waals surface area contributed by atoms with Crippen molar-refractivity contribution >= 4 is 38.3 Å². The summed E-state index contributed by atoms with van der Waals surface area (Å²) in [5.74, 6) is 0.609. The largest absolute Gasteiger partial charge is 0.393 e. The van der Waals surface area contributed by atoms with Crippen molar-refractivity contribution in [1.82, 2.24) is 29.7 Å². The molecule has 0 saturated carbocycles. The summed E-state index contributed by atoms with van der Waals surface area (Å²) in [5, 5.41) is 18.8. The number of hydrogen-bond acceptors (Lipinski definition) is 8. The Morgan fingerprint density at radius 1 is 1.05 bits per heavy atom. The number of halogens is 3. The number of nitriles is 1. The van der Waals surface area contributed by atoms with Crippen LogP contribution in [0.3, 0.4) is 0 Å². The normalized spacial score (nSPS) is 20.8. The van der Waals surface area contributed by atoms with Gasteiger partial charge in [-0.25, -0.2) is 9.97 Å². The molecule has 2 saturated heterocycles. The molecular formula is C32H39F3N8S. The Morgan fingerprint density at radius 2 is 1.80 bits per heavy atom. The number of benzene rings is 1. The Kier molecular flexibility index (Phi) is 8.84. The molecule has 2 N–H and O–H groups in total. The minimum Gasteiger partial charge on any atom is -0.367 e. The van der Waals surface area contributed by atoms with Crippen molar-refractivity contribution in [3.05, 3.63) is 52.3 Å². The molecule has 2 unspecified atom stereocenters. The van der Waals surface area contributed by atoms with Crippen molar-refractivity contribution in [3.63, 3.8) is 0 Å². The lowest BCUT2D eigenvalue weighted by atomic mass is 10.0. The van der Waals surface area contributed by atoms with Gasteiger partial charge in [-0.2, -0.15) is 18.4 Å². The Labute approximate surface area is 259 Å². The van der Waals surface area contributed by atoms with E-state index in [1.165, 1.54) is 17.5 Å². The maximum atomic E-state index is 12.9. The molecule has 1 aromatic carbocycles. The van der Waals surface area contributed by atoms with Gasteiger partial charge in [0.05, 0.1) is 11.8 Å². The van der Waals surface area contributed by atoms with E-state index in [4.69, 9.17) is 0 Å². The highest BCUT2D eigenvalue weighted by atomic mass is 32.1. The Hall–Kier alpha value is -3.24. The van der Waals surface area contributed by atoms with Crippen LogP contribution in [0.2, 0.25) is 0 Å². The van der Waals surface area contributed by atoms with Crippen molar-refractivity contribution < 1.29 is 13.2 Å². The molecule has 2 atom stereocenters. The van der Waals surface area contributed by atoms with Gasteiger partial charge in [0.1, 0.15) is 28.7 Å². The fourth-order valence-corrected chi connectivity index (χ4v) is 7.89. The number of anilines is 1. The number of alkyl halides is 3. The van der Waals surface area contributed by atoms with E-state index < -0.39 is 12.6 Å². The van der Waals surface area contributed by atoms with Crippen LogP contribution >= 0.6 is 11.3 Å². The van der Waals surface area contributed by atoms with E-state index in [-0.39, 0.29) is 10.9 Å². The lowest BCUT2D eigenvalue weighted by Crippen LogP contribution is -2.54. The summed E-state index contributed by atoms with van der Waals surface area (Å²) in [4.78, 5) is 14.3. The summed E-state index contributed by atoms with van der Waals surface area (Å²) in [7, 11) is 0. The van der Waals surface area contributed by atoms with Gasteiger partial charge in [-0.1, -0.05) is 6.07 Å². The molecule has 4 aromatic rings. The first-order valence-corrected chi connectivity index (χ1v) is 16.2. The van der Waals surface area contributed by atoms with Crippen LogP contribution < -0.4 is 10.6 Å². The second-order valence-corrected chi connectivity index (χ2v) is 13.6. The number of piperazine rings is 1. The molecule has 6 rings (SSSR count). The zero-order valence-electron chi connectivity index (χ0n) is 25.4. The summed E-state index contributed by atoms with van der Waals surface area (Å²) in [5.41, 5.74) is 4.31. The van der Waals surface area contributed by atoms with Crippen LogP contribution in [0.25, 0.3) is 21.1 Å². The van der Waals surface area contributed by atoms with E-state index in [0.29, 0.717) is 33.8 Å². The highest BCUT2D eigenvalue weighted by Gasteiger charge is 2.29. The van der Waals surface area contributed by atoms with E-state index in [2.05, 4.69) is 73.9 Å². The predicted octanol–water partition coefficient (Wildman–Crippen LogP) is 5.69. The average molecular weight is 625 g/mol. The zero-order valence-corrected chi connectivity index (χ0v) is 26.2. The minimum atomic E-state index is -4.25. The topological polar surface area (TPSA) is 85.0 Å². The molecule has 3 aromatic heterocycles. The molecule has 0 spiro atoms. The first-order chi connectivity index (χ1) is 21.1. The van der Waals surface area contributed by atoms with Crippen LogP contribution in [0.1, 0.15) is 48.4 Å². The van der Waals surface area contributed by atoms with Gasteiger partial charge in [0.2, 0.25) is 0 Å². The van der Waals surface area contributed by atoms with Crippen molar-refractivity contribution in [2.24, 2.45) is 0 Å². The minimum absolute atomic E-state index is 0.188. The quantitative estimate of drug-likeness (QED) is 0.261. The molecule has 0 radical (unpaired) electrons. The predicted molar refractivity (Wildman–Crippen MR) is 169 cm³/mol. The SMILES string of the molecule is Cc1c(CN2CCC(Nc3ncnc4sc(CC(F)(F)F)cc34)CC2)ccc2c1cc(C#N)n2CCN1CC(C)NC(C)C1. The fourth-order valence-electron chi connectivity index (χ4n) is 6.87. The second-order valence-electron chi connectivity index (χ2n) is 12.4. The number of likely N-dealkylation sites (tertiary alicyclic amines) is 1. The van der Waals surface area contributed by atoms with Crippen molar-refractivity contribution in [3.8, 4) is 6.07 Å². The number of nitrogens with zero attached hydrogens (tertiary/aromatic N) is 6. The third-order valence-electron chi connectivity index (χ3n) is 8.93. The Bertz CT molecular complexity index is 1650. The van der Waals surface area contributed by atoms with E-state index in [1.807, 2.05) is 6.07 Å². The van der Waals surface area contributed by atoms with E-state index in [0.717, 1.165) is 80.9 Å². The molecule has 0 bridgehead atoms. The first kappa shape index (κ1) is 30.8. The molecule has 44 heavy (non-hydrogen) atoms. The van der Waals surface area contributed by atoms with Gasteiger partial charge in [0, 0.05) is 79.7 Å². The van der Waals surface area contributed by atoms with Crippen molar-refractivity contribution in [2.45, 2.75) is 77.4 Å². The van der Waals surface area contributed by atoms with Crippen LogP contribution in [0.4, 0.5) is 19.0 Å². The maximum Gasteiger partial charge on any atom is 0.393 e. The van der Waals surface area contributed by atoms with Gasteiger partial charge < -0.3 is 15.2 Å². The fraction of sp³-hybridized carbons (Fsp3) is 0.531. The van der Waals surface area contributed by atoms with E-state index >= 15 is 0 Å². The van der Waals surface area contributed by atoms with Crippen LogP contribution in [-0.4, -0.2) is 81.4 Å². The van der Waals surface area contributed by atoms with Gasteiger partial charge in [-0.15, -0.1) is 11.3 Å². The van der Waals surface area contributed by atoms with Gasteiger partial charge in [-0.3, -0.25) is 9.80 Å². The molecular weight excluding hydrogens is 585 g/mol. The average Bonchev–Trinajstić information content (AvgIpc) is 3.54. The van der Waals surface area contributed by atoms with Crippen LogP contribution in [0.15, 0.2) is 30.6 Å². The summed E-state index contributed by atoms with van der Waals surface area (Å²) in [6.45, 7) is 13.0. The van der Waals surface area contributed by atoms with Gasteiger partial charge in [-0.05, 0) is 62.9 Å². The highest BCUT2D eigenvalue weighted by Crippen LogP contribution is 2.33. The smallest absolute Gasteiger partial charge is 0.367 e. The van der Waals surface area contributed by atoms with Crippen molar-refractivity contribution in [1.29, 1.82) is 5.26 Å². The second kappa shape index (κ2) is 12.6. The summed E-state index contributed by atoms with van der Waals surface area (Å²) < 4.78 is 40.9. The third kappa shape index (κ3) is 6.86. The van der Waals surface area contributed by atoms with Gasteiger partial charge in [0.25, 0.3) is 0 Å². The number of aromatic nitrogens is 3. The number of rotatable bonds is 8. The summed E-state index contributed by atoms with van der Waals surface area (Å²) in [6, 6.07) is 11.5. The van der Waals surface area contributed by atoms with E-state index in [1.54, 1.807) is 6.07 Å². The molecule has 12 heteroatoms. The van der Waals surface area contributed by atoms with Crippen molar-refractivity contribution in [2.75, 3.05) is 38.0 Å². The highest BCUT2D eigenvalue weighted by molar-refractivity contribution is 7.18. The Morgan fingerprint density at radius 3 is 2.50 bits per heavy atom. The lowest BCUT2D eigenvalue weighted by molar-refractivity contribution is -0.126. The number of aryl methyl sites for hydroxylation is 1. The molecule has 2 fully saturated rings. The van der Waals surface area contributed by atoms with E-state index in [9.17, 15) is 18.4 Å². The zero-order chi connectivity index (χ0) is 31.0. The summed E-state index contributed by atoms with van der Waals surface area (Å²) in [6.07, 6.45) is -1.96. The maximum absolute atomic E-state index is 12.9. The molecule has 0 aliphatic carbocycles. The molecule has 2 aliphatic rings. The molecule has 8 nitrogen and oxygen atoms in total. The third-order valence-corrected chi connectivity index (χ3v) is 9.97. The van der Waals surface area contributed by atoms with Crippen LogP contribution in [0, 0.1) is 18.3 Å². The van der Waals surface area contributed by atoms with Gasteiger partial charge in [0.15, 0.2) is 0 Å². The lowest BCUT2D eigenvalue weighted by Gasteiger charge is -2.36. The summed E-state index contributed by atoms with van der Waals surface area (Å²) >= 11 is 1.07. The van der Waals surface area contributed by atoms with Gasteiger partial charge >= 0.3 is 6.18 Å². The van der Waals surface area contributed by atoms with Crippen LogP contribution in [0.5, 0.6) is 0 Å². The molecule has 2 aliphatic heterocycles.